The van der Waals surface area contributed by atoms with E-state index in [-0.39, 0.29) is 0 Å². The van der Waals surface area contributed by atoms with Gasteiger partial charge in [-0.1, -0.05) is 25.1 Å². The number of hydrogen-bond acceptors (Lipinski definition) is 2. The van der Waals surface area contributed by atoms with Gasteiger partial charge in [-0.25, -0.2) is 0 Å². The van der Waals surface area contributed by atoms with Gasteiger partial charge >= 0.3 is 0 Å². The fraction of sp³-hybridized carbons (Fsp3) is 0.353. The summed E-state index contributed by atoms with van der Waals surface area (Å²) in [7, 11) is 2.05. The van der Waals surface area contributed by atoms with Crippen LogP contribution in [-0.2, 0) is 11.8 Å². The van der Waals surface area contributed by atoms with Crippen molar-refractivity contribution < 1.29 is 4.79 Å². The van der Waals surface area contributed by atoms with Crippen molar-refractivity contribution in [2.24, 2.45) is 7.05 Å². The van der Waals surface area contributed by atoms with Crippen LogP contribution in [0.25, 0.3) is 17.0 Å². The summed E-state index contributed by atoms with van der Waals surface area (Å²) >= 11 is 0. The predicted octanol–water partition coefficient (Wildman–Crippen LogP) is 2.86. The highest BCUT2D eigenvalue weighted by Gasteiger charge is 2.20. The molecule has 104 valence electrons. The third-order valence-electron chi connectivity index (χ3n) is 4.11. The third-order valence-corrected chi connectivity index (χ3v) is 4.11. The Kier molecular flexibility index (Phi) is 3.45. The maximum Gasteiger partial charge on any atom is 0.161 e. The molecular formula is C17H20N2O. The molecule has 1 aromatic heterocycles. The number of carbonyl (C=O) groups excluding carboxylic acids is 1. The van der Waals surface area contributed by atoms with Crippen molar-refractivity contribution >= 4 is 22.8 Å². The lowest BCUT2D eigenvalue weighted by molar-refractivity contribution is -0.117. The number of aromatic nitrogens is 1. The second-order valence-corrected chi connectivity index (χ2v) is 5.42. The zero-order valence-electron chi connectivity index (χ0n) is 12.1. The Morgan fingerprint density at radius 3 is 2.90 bits per heavy atom. The normalized spacial score (nSPS) is 19.1. The van der Waals surface area contributed by atoms with Gasteiger partial charge in [-0.3, -0.25) is 9.69 Å². The first-order valence-corrected chi connectivity index (χ1v) is 7.19. The Hall–Kier alpha value is -1.87. The lowest BCUT2D eigenvalue weighted by atomic mass is 10.0. The molecule has 0 saturated carbocycles. The molecule has 1 aliphatic rings. The van der Waals surface area contributed by atoms with Crippen molar-refractivity contribution in [1.29, 1.82) is 0 Å². The van der Waals surface area contributed by atoms with E-state index in [0.29, 0.717) is 12.2 Å². The first-order chi connectivity index (χ1) is 9.69. The molecule has 0 amide bonds. The molecular weight excluding hydrogens is 248 g/mol. The molecule has 3 nitrogen and oxygen atoms in total. The van der Waals surface area contributed by atoms with E-state index in [1.165, 1.54) is 10.9 Å². The number of nitrogens with zero attached hydrogens (tertiary/aromatic N) is 2. The summed E-state index contributed by atoms with van der Waals surface area (Å²) in [5, 5.41) is 1.21. The molecule has 0 aliphatic carbocycles. The number of Topliss-reactive ketones (excluding diaryl/α,β-unsaturated/α-hetero) is 1. The first-order valence-electron chi connectivity index (χ1n) is 7.19. The second-order valence-electron chi connectivity index (χ2n) is 5.42. The van der Waals surface area contributed by atoms with Crippen LogP contribution in [0, 0.1) is 0 Å². The number of carbonyl (C=O) groups is 1. The lowest BCUT2D eigenvalue weighted by Gasteiger charge is -2.26. The molecule has 1 aliphatic heterocycles. The van der Waals surface area contributed by atoms with Gasteiger partial charge in [-0.15, -0.1) is 0 Å². The molecule has 1 fully saturated rings. The van der Waals surface area contributed by atoms with Crippen molar-refractivity contribution in [2.75, 3.05) is 19.6 Å². The number of likely N-dealkylation sites (N-methyl/N-ethyl adjacent to an activating group) is 1. The smallest absolute Gasteiger partial charge is 0.161 e. The van der Waals surface area contributed by atoms with E-state index < -0.39 is 0 Å². The van der Waals surface area contributed by atoms with Crippen molar-refractivity contribution in [3.63, 3.8) is 0 Å². The topological polar surface area (TPSA) is 25.2 Å². The average Bonchev–Trinajstić information content (AvgIpc) is 2.78. The Labute approximate surface area is 119 Å². The molecule has 0 unspecified atom stereocenters. The van der Waals surface area contributed by atoms with Crippen LogP contribution >= 0.6 is 0 Å². The van der Waals surface area contributed by atoms with Gasteiger partial charge < -0.3 is 4.57 Å². The van der Waals surface area contributed by atoms with E-state index in [1.54, 1.807) is 0 Å². The minimum Gasteiger partial charge on any atom is -0.350 e. The van der Waals surface area contributed by atoms with Gasteiger partial charge in [-0.05, 0) is 18.7 Å². The summed E-state index contributed by atoms with van der Waals surface area (Å²) in [5.41, 5.74) is 3.29. The molecule has 0 spiro atoms. The Bertz CT molecular complexity index is 681. The second kappa shape index (κ2) is 5.25. The third kappa shape index (κ3) is 2.29. The number of para-hydroxylation sites is 1. The van der Waals surface area contributed by atoms with Gasteiger partial charge in [0.05, 0.1) is 0 Å². The molecule has 1 aromatic carbocycles. The monoisotopic (exact) mass is 268 g/mol. The van der Waals surface area contributed by atoms with Crippen LogP contribution in [0.4, 0.5) is 0 Å². The van der Waals surface area contributed by atoms with Crippen LogP contribution in [-0.4, -0.2) is 34.9 Å². The van der Waals surface area contributed by atoms with Crippen molar-refractivity contribution in [1.82, 2.24) is 9.47 Å². The van der Waals surface area contributed by atoms with Crippen LogP contribution in [0.2, 0.25) is 0 Å². The highest BCUT2D eigenvalue weighted by atomic mass is 16.1. The maximum absolute atomic E-state index is 12.1. The summed E-state index contributed by atoms with van der Waals surface area (Å²) in [6.45, 7) is 4.81. The van der Waals surface area contributed by atoms with Gasteiger partial charge in [0.1, 0.15) is 0 Å². The Morgan fingerprint density at radius 2 is 2.10 bits per heavy atom. The summed E-state index contributed by atoms with van der Waals surface area (Å²) in [6, 6.07) is 8.32. The van der Waals surface area contributed by atoms with Crippen molar-refractivity contribution in [3.8, 4) is 0 Å². The SMILES string of the molecule is CCN1CCC(=O)/C(=C/c2cn(C)c3ccccc23)C1. The van der Waals surface area contributed by atoms with E-state index in [1.807, 2.05) is 19.2 Å². The number of hydrogen-bond donors (Lipinski definition) is 0. The van der Waals surface area contributed by atoms with Crippen LogP contribution in [0.1, 0.15) is 18.9 Å². The van der Waals surface area contributed by atoms with Gasteiger partial charge in [0, 0.05) is 54.8 Å². The molecule has 2 heterocycles. The summed E-state index contributed by atoms with van der Waals surface area (Å²) < 4.78 is 2.12. The largest absolute Gasteiger partial charge is 0.350 e. The summed E-state index contributed by atoms with van der Waals surface area (Å²) in [6.07, 6.45) is 4.83. The standard InChI is InChI=1S/C17H20N2O/c1-3-19-9-8-17(20)14(12-19)10-13-11-18(2)16-7-5-4-6-15(13)16/h4-7,10-11H,3,8-9,12H2,1-2H3/b14-10+. The summed E-state index contributed by atoms with van der Waals surface area (Å²) in [5.74, 6) is 0.294. The van der Waals surface area contributed by atoms with Gasteiger partial charge in [0.15, 0.2) is 5.78 Å². The molecule has 0 radical (unpaired) electrons. The molecule has 0 atom stereocenters. The highest BCUT2D eigenvalue weighted by molar-refractivity contribution is 6.03. The maximum atomic E-state index is 12.1. The number of aryl methyl sites for hydroxylation is 1. The highest BCUT2D eigenvalue weighted by Crippen LogP contribution is 2.24. The number of ketones is 1. The number of likely N-dealkylation sites (tertiary alicyclic amines) is 1. The van der Waals surface area contributed by atoms with Crippen molar-refractivity contribution in [2.45, 2.75) is 13.3 Å². The lowest BCUT2D eigenvalue weighted by Crippen LogP contribution is -2.35. The van der Waals surface area contributed by atoms with E-state index in [0.717, 1.165) is 30.8 Å². The quantitative estimate of drug-likeness (QED) is 0.783. The van der Waals surface area contributed by atoms with Gasteiger partial charge in [0.2, 0.25) is 0 Å². The fourth-order valence-electron chi connectivity index (χ4n) is 2.90. The van der Waals surface area contributed by atoms with Crippen LogP contribution < -0.4 is 0 Å². The number of rotatable bonds is 2. The number of piperidine rings is 1. The zero-order chi connectivity index (χ0) is 14.1. The molecule has 0 N–H and O–H groups in total. The van der Waals surface area contributed by atoms with E-state index >= 15 is 0 Å². The molecule has 1 saturated heterocycles. The average molecular weight is 268 g/mol. The van der Waals surface area contributed by atoms with Crippen LogP contribution in [0.15, 0.2) is 36.0 Å². The van der Waals surface area contributed by atoms with Gasteiger partial charge in [0.25, 0.3) is 0 Å². The number of benzene rings is 1. The van der Waals surface area contributed by atoms with Crippen molar-refractivity contribution in [3.05, 3.63) is 41.6 Å². The first kappa shape index (κ1) is 13.1. The molecule has 3 rings (SSSR count). The van der Waals surface area contributed by atoms with E-state index in [4.69, 9.17) is 0 Å². The molecule has 3 heteroatoms. The molecule has 0 bridgehead atoms. The van der Waals surface area contributed by atoms with Crippen LogP contribution in [0.5, 0.6) is 0 Å². The van der Waals surface area contributed by atoms with E-state index in [2.05, 4.69) is 40.8 Å². The molecule has 2 aromatic rings. The Balaban J connectivity index is 2.02. The zero-order valence-corrected chi connectivity index (χ0v) is 12.1. The Morgan fingerprint density at radius 1 is 1.30 bits per heavy atom. The number of fused-ring (bicyclic) bond motifs is 1. The van der Waals surface area contributed by atoms with Crippen LogP contribution in [0.3, 0.4) is 0 Å². The minimum absolute atomic E-state index is 0.294. The summed E-state index contributed by atoms with van der Waals surface area (Å²) in [4.78, 5) is 14.4. The molecule has 20 heavy (non-hydrogen) atoms. The minimum atomic E-state index is 0.294. The fourth-order valence-corrected chi connectivity index (χ4v) is 2.90. The van der Waals surface area contributed by atoms with E-state index in [9.17, 15) is 4.79 Å². The van der Waals surface area contributed by atoms with Gasteiger partial charge in [-0.2, -0.15) is 0 Å². The predicted molar refractivity (Wildman–Crippen MR) is 82.6 cm³/mol.